The second-order valence-corrected chi connectivity index (χ2v) is 4.03. The zero-order valence-electron chi connectivity index (χ0n) is 10.8. The van der Waals surface area contributed by atoms with Crippen molar-refractivity contribution < 1.29 is 4.39 Å². The SMILES string of the molecule is [C-]#[N+]/C(C#N)=C1\C=CC(=NC)C(c2ccc(F)cc2)=C1. The maximum Gasteiger partial charge on any atom is 0.268 e. The number of nitriles is 1. The van der Waals surface area contributed by atoms with Crippen LogP contribution in [-0.4, -0.2) is 12.8 Å². The lowest BCUT2D eigenvalue weighted by Crippen LogP contribution is -2.04. The van der Waals surface area contributed by atoms with Crippen LogP contribution in [0.1, 0.15) is 5.56 Å². The van der Waals surface area contributed by atoms with Crippen LogP contribution in [0.3, 0.4) is 0 Å². The predicted molar refractivity (Wildman–Crippen MR) is 76.1 cm³/mol. The third-order valence-corrected chi connectivity index (χ3v) is 2.88. The molecule has 0 aromatic heterocycles. The lowest BCUT2D eigenvalue weighted by molar-refractivity contribution is 0.627. The van der Waals surface area contributed by atoms with Crippen molar-refractivity contribution in [2.75, 3.05) is 7.05 Å². The van der Waals surface area contributed by atoms with Gasteiger partial charge in [0.05, 0.1) is 18.4 Å². The van der Waals surface area contributed by atoms with Crippen molar-refractivity contribution in [1.29, 1.82) is 5.26 Å². The first-order chi connectivity index (χ1) is 9.69. The van der Waals surface area contributed by atoms with Crippen LogP contribution in [0.2, 0.25) is 0 Å². The van der Waals surface area contributed by atoms with E-state index in [9.17, 15) is 4.39 Å². The number of benzene rings is 1. The average molecular weight is 263 g/mol. The number of rotatable bonds is 1. The summed E-state index contributed by atoms with van der Waals surface area (Å²) in [6, 6.07) is 7.89. The summed E-state index contributed by atoms with van der Waals surface area (Å²) >= 11 is 0. The fraction of sp³-hybridized carbons (Fsp3) is 0.0625. The van der Waals surface area contributed by atoms with Gasteiger partial charge in [-0.2, -0.15) is 0 Å². The van der Waals surface area contributed by atoms with Crippen molar-refractivity contribution >= 4 is 11.3 Å². The van der Waals surface area contributed by atoms with Gasteiger partial charge in [0.1, 0.15) is 5.82 Å². The van der Waals surface area contributed by atoms with Crippen LogP contribution in [0.5, 0.6) is 0 Å². The van der Waals surface area contributed by atoms with Crippen LogP contribution in [-0.2, 0) is 0 Å². The summed E-state index contributed by atoms with van der Waals surface area (Å²) in [6.45, 7) is 6.99. The Bertz CT molecular complexity index is 719. The standard InChI is InChI=1S/C16H10FN3/c1-19-15-8-5-12(16(10-18)20-2)9-14(15)11-3-6-13(17)7-4-11/h3-9H,1H3/b16-12+,19-15?. The highest BCUT2D eigenvalue weighted by molar-refractivity contribution is 6.30. The maximum atomic E-state index is 13.0. The minimum Gasteiger partial charge on any atom is -0.288 e. The number of aliphatic imine (C=N–C) groups is 1. The molecule has 0 heterocycles. The molecule has 0 bridgehead atoms. The van der Waals surface area contributed by atoms with Gasteiger partial charge in [0.15, 0.2) is 0 Å². The number of hydrogen-bond acceptors (Lipinski definition) is 2. The van der Waals surface area contributed by atoms with Crippen LogP contribution in [0.4, 0.5) is 4.39 Å². The van der Waals surface area contributed by atoms with E-state index >= 15 is 0 Å². The molecule has 0 unspecified atom stereocenters. The maximum absolute atomic E-state index is 13.0. The van der Waals surface area contributed by atoms with Gasteiger partial charge in [-0.1, -0.05) is 24.3 Å². The van der Waals surface area contributed by atoms with Crippen molar-refractivity contribution in [2.45, 2.75) is 0 Å². The van der Waals surface area contributed by atoms with E-state index in [0.29, 0.717) is 5.57 Å². The van der Waals surface area contributed by atoms with Crippen molar-refractivity contribution in [3.05, 3.63) is 76.6 Å². The van der Waals surface area contributed by atoms with Crippen LogP contribution >= 0.6 is 0 Å². The summed E-state index contributed by atoms with van der Waals surface area (Å²) in [6.07, 6.45) is 5.16. The lowest BCUT2D eigenvalue weighted by Gasteiger charge is -2.13. The molecule has 1 aliphatic rings. The van der Waals surface area contributed by atoms with Gasteiger partial charge in [0.25, 0.3) is 5.70 Å². The van der Waals surface area contributed by atoms with Gasteiger partial charge in [-0.3, -0.25) is 4.99 Å². The van der Waals surface area contributed by atoms with Gasteiger partial charge in [-0.05, 0) is 29.3 Å². The first kappa shape index (κ1) is 13.5. The molecule has 0 saturated carbocycles. The quantitative estimate of drug-likeness (QED) is 0.564. The molecule has 0 amide bonds. The Morgan fingerprint density at radius 3 is 2.55 bits per heavy atom. The van der Waals surface area contributed by atoms with E-state index in [1.54, 1.807) is 37.4 Å². The van der Waals surface area contributed by atoms with Gasteiger partial charge < -0.3 is 0 Å². The summed E-state index contributed by atoms with van der Waals surface area (Å²) in [4.78, 5) is 7.35. The van der Waals surface area contributed by atoms with E-state index in [0.717, 1.165) is 16.8 Å². The molecule has 0 spiro atoms. The summed E-state index contributed by atoms with van der Waals surface area (Å²) in [5, 5.41) is 8.93. The highest BCUT2D eigenvalue weighted by Crippen LogP contribution is 2.25. The zero-order chi connectivity index (χ0) is 14.5. The molecule has 0 fully saturated rings. The molecule has 0 aliphatic heterocycles. The largest absolute Gasteiger partial charge is 0.288 e. The summed E-state index contributed by atoms with van der Waals surface area (Å²) in [7, 11) is 1.66. The zero-order valence-corrected chi connectivity index (χ0v) is 10.8. The fourth-order valence-electron chi connectivity index (χ4n) is 1.89. The topological polar surface area (TPSA) is 40.5 Å². The van der Waals surface area contributed by atoms with Gasteiger partial charge >= 0.3 is 0 Å². The second kappa shape index (κ2) is 5.77. The minimum atomic E-state index is -0.315. The Hall–Kier alpha value is -2.98. The third kappa shape index (κ3) is 2.55. The van der Waals surface area contributed by atoms with E-state index in [-0.39, 0.29) is 11.5 Å². The minimum absolute atomic E-state index is 0.0241. The molecule has 96 valence electrons. The van der Waals surface area contributed by atoms with Crippen LogP contribution in [0.25, 0.3) is 10.4 Å². The van der Waals surface area contributed by atoms with Crippen LogP contribution < -0.4 is 0 Å². The Morgan fingerprint density at radius 1 is 1.30 bits per heavy atom. The molecule has 3 nitrogen and oxygen atoms in total. The Kier molecular flexibility index (Phi) is 3.88. The lowest BCUT2D eigenvalue weighted by atomic mass is 9.93. The smallest absolute Gasteiger partial charge is 0.268 e. The highest BCUT2D eigenvalue weighted by atomic mass is 19.1. The van der Waals surface area contributed by atoms with Crippen LogP contribution in [0.15, 0.2) is 58.8 Å². The molecule has 0 saturated heterocycles. The number of nitrogens with zero attached hydrogens (tertiary/aromatic N) is 3. The van der Waals surface area contributed by atoms with Gasteiger partial charge in [-0.15, -0.1) is 0 Å². The molecule has 20 heavy (non-hydrogen) atoms. The van der Waals surface area contributed by atoms with Crippen molar-refractivity contribution in [2.24, 2.45) is 4.99 Å². The van der Waals surface area contributed by atoms with Gasteiger partial charge in [0.2, 0.25) is 0 Å². The van der Waals surface area contributed by atoms with Crippen molar-refractivity contribution in [1.82, 2.24) is 0 Å². The summed E-state index contributed by atoms with van der Waals surface area (Å²) < 4.78 is 13.0. The summed E-state index contributed by atoms with van der Waals surface area (Å²) in [5.41, 5.74) is 2.84. The normalized spacial score (nSPS) is 18.2. The Labute approximate surface area is 116 Å². The second-order valence-electron chi connectivity index (χ2n) is 4.03. The van der Waals surface area contributed by atoms with Crippen LogP contribution in [0, 0.1) is 23.7 Å². The van der Waals surface area contributed by atoms with E-state index in [1.165, 1.54) is 12.1 Å². The van der Waals surface area contributed by atoms with Crippen molar-refractivity contribution in [3.8, 4) is 6.07 Å². The third-order valence-electron chi connectivity index (χ3n) is 2.88. The molecule has 2 rings (SSSR count). The fourth-order valence-corrected chi connectivity index (χ4v) is 1.89. The summed E-state index contributed by atoms with van der Waals surface area (Å²) in [5.74, 6) is -0.315. The average Bonchev–Trinajstić information content (AvgIpc) is 2.49. The van der Waals surface area contributed by atoms with E-state index < -0.39 is 0 Å². The molecule has 0 N–H and O–H groups in total. The predicted octanol–water partition coefficient (Wildman–Crippen LogP) is 3.55. The Morgan fingerprint density at radius 2 is 2.00 bits per heavy atom. The number of allylic oxidation sites excluding steroid dienone is 6. The molecular formula is C16H10FN3. The van der Waals surface area contributed by atoms with E-state index in [1.807, 2.05) is 6.07 Å². The molecule has 1 aromatic rings. The highest BCUT2D eigenvalue weighted by Gasteiger charge is 2.14. The van der Waals surface area contributed by atoms with Crippen molar-refractivity contribution in [3.63, 3.8) is 0 Å². The van der Waals surface area contributed by atoms with Gasteiger partial charge in [0, 0.05) is 12.6 Å². The first-order valence-corrected chi connectivity index (χ1v) is 5.84. The first-order valence-electron chi connectivity index (χ1n) is 5.84. The van der Waals surface area contributed by atoms with E-state index in [2.05, 4.69) is 9.84 Å². The Balaban J connectivity index is 2.59. The molecule has 4 heteroatoms. The number of halogens is 1. The van der Waals surface area contributed by atoms with E-state index in [4.69, 9.17) is 11.8 Å². The monoisotopic (exact) mass is 263 g/mol. The molecule has 0 radical (unpaired) electrons. The molecule has 1 aromatic carbocycles. The molecular weight excluding hydrogens is 253 g/mol. The molecule has 0 atom stereocenters. The molecule has 1 aliphatic carbocycles. The number of hydrogen-bond donors (Lipinski definition) is 0. The van der Waals surface area contributed by atoms with Gasteiger partial charge in [-0.25, -0.2) is 14.5 Å².